The number of rotatable bonds is 4. The van der Waals surface area contributed by atoms with E-state index < -0.39 is 12.1 Å². The van der Waals surface area contributed by atoms with E-state index >= 15 is 0 Å². The van der Waals surface area contributed by atoms with Crippen LogP contribution in [-0.2, 0) is 9.53 Å². The molecule has 0 saturated heterocycles. The fourth-order valence-electron chi connectivity index (χ4n) is 2.00. The molecule has 0 aliphatic rings. The minimum absolute atomic E-state index is 0.357. The van der Waals surface area contributed by atoms with Crippen LogP contribution in [0, 0.1) is 13.8 Å². The van der Waals surface area contributed by atoms with Crippen molar-refractivity contribution in [2.45, 2.75) is 26.9 Å². The number of anilines is 1. The van der Waals surface area contributed by atoms with E-state index in [1.54, 1.807) is 25.1 Å². The molecule has 22 heavy (non-hydrogen) atoms. The Morgan fingerprint density at radius 2 is 1.73 bits per heavy atom. The zero-order valence-electron chi connectivity index (χ0n) is 12.9. The molecule has 2 aromatic carbocycles. The van der Waals surface area contributed by atoms with Crippen LogP contribution in [0.3, 0.4) is 0 Å². The molecule has 0 radical (unpaired) electrons. The molecule has 0 heterocycles. The average molecular weight is 297 g/mol. The van der Waals surface area contributed by atoms with Crippen LogP contribution >= 0.6 is 0 Å². The molecule has 0 unspecified atom stereocenters. The highest BCUT2D eigenvalue weighted by Crippen LogP contribution is 2.14. The van der Waals surface area contributed by atoms with Gasteiger partial charge in [-0.2, -0.15) is 0 Å². The summed E-state index contributed by atoms with van der Waals surface area (Å²) in [6, 6.07) is 14.6. The number of carbonyl (C=O) groups excluding carboxylic acids is 2. The molecule has 0 bridgehead atoms. The Kier molecular flexibility index (Phi) is 4.94. The highest BCUT2D eigenvalue weighted by Gasteiger charge is 2.20. The lowest BCUT2D eigenvalue weighted by atomic mass is 10.1. The normalized spacial score (nSPS) is 11.6. The third-order valence-corrected chi connectivity index (χ3v) is 3.31. The molecule has 2 rings (SSSR count). The van der Waals surface area contributed by atoms with Gasteiger partial charge >= 0.3 is 5.97 Å². The lowest BCUT2D eigenvalue weighted by Crippen LogP contribution is -2.30. The van der Waals surface area contributed by atoms with Crippen LogP contribution in [0.5, 0.6) is 0 Å². The number of ether oxygens (including phenoxy) is 1. The van der Waals surface area contributed by atoms with Crippen molar-refractivity contribution in [2.75, 3.05) is 5.32 Å². The van der Waals surface area contributed by atoms with Crippen LogP contribution in [0.2, 0.25) is 0 Å². The molecular formula is C18H19NO3. The highest BCUT2D eigenvalue weighted by atomic mass is 16.5. The monoisotopic (exact) mass is 297 g/mol. The van der Waals surface area contributed by atoms with E-state index in [0.29, 0.717) is 11.3 Å². The molecule has 4 nitrogen and oxygen atoms in total. The van der Waals surface area contributed by atoms with E-state index in [4.69, 9.17) is 4.74 Å². The van der Waals surface area contributed by atoms with Gasteiger partial charge in [-0.15, -0.1) is 0 Å². The summed E-state index contributed by atoms with van der Waals surface area (Å²) in [5, 5.41) is 2.71. The molecule has 0 fully saturated rings. The van der Waals surface area contributed by atoms with Crippen molar-refractivity contribution in [1.82, 2.24) is 0 Å². The third-order valence-electron chi connectivity index (χ3n) is 3.31. The quantitative estimate of drug-likeness (QED) is 0.879. The Morgan fingerprint density at radius 1 is 1.05 bits per heavy atom. The summed E-state index contributed by atoms with van der Waals surface area (Å²) in [4.78, 5) is 24.2. The van der Waals surface area contributed by atoms with Gasteiger partial charge in [0.25, 0.3) is 5.91 Å². The molecule has 4 heteroatoms. The summed E-state index contributed by atoms with van der Waals surface area (Å²) in [6.07, 6.45) is -0.868. The van der Waals surface area contributed by atoms with E-state index in [-0.39, 0.29) is 5.91 Å². The lowest BCUT2D eigenvalue weighted by Gasteiger charge is -2.14. The summed E-state index contributed by atoms with van der Waals surface area (Å²) >= 11 is 0. The standard InChI is InChI=1S/C18H19NO3/c1-12-9-10-13(2)16(11-12)18(21)22-14(3)17(20)19-15-7-5-4-6-8-15/h4-11,14H,1-3H3,(H,19,20)/t14-/m1/s1. The van der Waals surface area contributed by atoms with Crippen LogP contribution < -0.4 is 5.32 Å². The molecular weight excluding hydrogens is 278 g/mol. The molecule has 1 atom stereocenters. The zero-order chi connectivity index (χ0) is 16.1. The predicted octanol–water partition coefficient (Wildman–Crippen LogP) is 3.49. The number of benzene rings is 2. The number of hydrogen-bond donors (Lipinski definition) is 1. The Morgan fingerprint density at radius 3 is 2.41 bits per heavy atom. The van der Waals surface area contributed by atoms with Gasteiger partial charge in [0.1, 0.15) is 0 Å². The van der Waals surface area contributed by atoms with Crippen LogP contribution in [0.25, 0.3) is 0 Å². The van der Waals surface area contributed by atoms with E-state index in [1.165, 1.54) is 0 Å². The van der Waals surface area contributed by atoms with Gasteiger partial charge in [-0.25, -0.2) is 4.79 Å². The van der Waals surface area contributed by atoms with Crippen LogP contribution in [-0.4, -0.2) is 18.0 Å². The van der Waals surface area contributed by atoms with Crippen LogP contribution in [0.15, 0.2) is 48.5 Å². The molecule has 0 aliphatic carbocycles. The second kappa shape index (κ2) is 6.89. The van der Waals surface area contributed by atoms with Crippen molar-refractivity contribution >= 4 is 17.6 Å². The number of amides is 1. The van der Waals surface area contributed by atoms with Crippen molar-refractivity contribution in [1.29, 1.82) is 0 Å². The number of para-hydroxylation sites is 1. The fourth-order valence-corrected chi connectivity index (χ4v) is 2.00. The number of hydrogen-bond acceptors (Lipinski definition) is 3. The molecule has 0 spiro atoms. The molecule has 0 saturated carbocycles. The van der Waals surface area contributed by atoms with Gasteiger partial charge in [-0.05, 0) is 44.5 Å². The van der Waals surface area contributed by atoms with Gasteiger partial charge in [-0.3, -0.25) is 4.79 Å². The number of carbonyl (C=O) groups is 2. The maximum Gasteiger partial charge on any atom is 0.339 e. The maximum atomic E-state index is 12.2. The van der Waals surface area contributed by atoms with Crippen LogP contribution in [0.1, 0.15) is 28.4 Å². The van der Waals surface area contributed by atoms with Crippen molar-refractivity contribution in [3.63, 3.8) is 0 Å². The summed E-state index contributed by atoms with van der Waals surface area (Å²) < 4.78 is 5.26. The largest absolute Gasteiger partial charge is 0.449 e. The Bertz CT molecular complexity index is 680. The summed E-state index contributed by atoms with van der Waals surface area (Å²) in [5.74, 6) is -0.846. The molecule has 0 aromatic heterocycles. The van der Waals surface area contributed by atoms with Gasteiger partial charge in [-0.1, -0.05) is 35.9 Å². The predicted molar refractivity (Wildman–Crippen MR) is 85.9 cm³/mol. The third kappa shape index (κ3) is 3.95. The number of aryl methyl sites for hydroxylation is 2. The first-order valence-corrected chi connectivity index (χ1v) is 7.11. The lowest BCUT2D eigenvalue weighted by molar-refractivity contribution is -0.123. The fraction of sp³-hybridized carbons (Fsp3) is 0.222. The molecule has 114 valence electrons. The maximum absolute atomic E-state index is 12.2. The Hall–Kier alpha value is -2.62. The second-order valence-electron chi connectivity index (χ2n) is 5.22. The molecule has 0 aliphatic heterocycles. The van der Waals surface area contributed by atoms with E-state index in [0.717, 1.165) is 11.1 Å². The average Bonchev–Trinajstić information content (AvgIpc) is 2.50. The SMILES string of the molecule is Cc1ccc(C)c(C(=O)O[C@H](C)C(=O)Nc2ccccc2)c1. The van der Waals surface area contributed by atoms with Crippen LogP contribution in [0.4, 0.5) is 5.69 Å². The van der Waals surface area contributed by atoms with Gasteiger partial charge in [0, 0.05) is 5.69 Å². The van der Waals surface area contributed by atoms with E-state index in [1.807, 2.05) is 44.2 Å². The Labute approximate surface area is 130 Å². The summed E-state index contributed by atoms with van der Waals surface area (Å²) in [6.45, 7) is 5.30. The van der Waals surface area contributed by atoms with E-state index in [2.05, 4.69) is 5.32 Å². The first-order chi connectivity index (χ1) is 10.5. The molecule has 2 aromatic rings. The summed E-state index contributed by atoms with van der Waals surface area (Å²) in [7, 11) is 0. The Balaban J connectivity index is 2.01. The zero-order valence-corrected chi connectivity index (χ0v) is 12.9. The van der Waals surface area contributed by atoms with Gasteiger partial charge in [0.2, 0.25) is 0 Å². The minimum Gasteiger partial charge on any atom is -0.449 e. The van der Waals surface area contributed by atoms with Crippen molar-refractivity contribution in [3.05, 3.63) is 65.2 Å². The van der Waals surface area contributed by atoms with E-state index in [9.17, 15) is 9.59 Å². The van der Waals surface area contributed by atoms with Crippen molar-refractivity contribution < 1.29 is 14.3 Å². The van der Waals surface area contributed by atoms with Gasteiger partial charge in [0.15, 0.2) is 6.10 Å². The van der Waals surface area contributed by atoms with Gasteiger partial charge in [0.05, 0.1) is 5.56 Å². The number of esters is 1. The number of nitrogens with one attached hydrogen (secondary N) is 1. The minimum atomic E-state index is -0.868. The second-order valence-corrected chi connectivity index (χ2v) is 5.22. The first kappa shape index (κ1) is 15.8. The topological polar surface area (TPSA) is 55.4 Å². The van der Waals surface area contributed by atoms with Crippen molar-refractivity contribution in [3.8, 4) is 0 Å². The highest BCUT2D eigenvalue weighted by molar-refractivity contribution is 5.97. The smallest absolute Gasteiger partial charge is 0.339 e. The van der Waals surface area contributed by atoms with Crippen molar-refractivity contribution in [2.24, 2.45) is 0 Å². The summed E-state index contributed by atoms with van der Waals surface area (Å²) in [5.41, 5.74) is 2.95. The first-order valence-electron chi connectivity index (χ1n) is 7.11. The molecule has 1 amide bonds. The van der Waals surface area contributed by atoms with Gasteiger partial charge < -0.3 is 10.1 Å². The molecule has 1 N–H and O–H groups in total.